The molecule has 1 aromatic rings. The van der Waals surface area contributed by atoms with Crippen LogP contribution in [0.3, 0.4) is 0 Å². The molecular weight excluding hydrogens is 186 g/mol. The van der Waals surface area contributed by atoms with E-state index in [0.717, 1.165) is 0 Å². The number of ether oxygens (including phenoxy) is 1. The molecule has 6 heteroatoms. The molecule has 1 rings (SSSR count). The molecule has 0 spiro atoms. The van der Waals surface area contributed by atoms with Crippen LogP contribution in [0.1, 0.15) is 10.5 Å². The van der Waals surface area contributed by atoms with Crippen LogP contribution in [-0.4, -0.2) is 36.2 Å². The molecule has 0 radical (unpaired) electrons. The lowest BCUT2D eigenvalue weighted by Gasteiger charge is -2.03. The van der Waals surface area contributed by atoms with E-state index in [1.54, 1.807) is 7.11 Å². The van der Waals surface area contributed by atoms with Gasteiger partial charge in [0.25, 0.3) is 5.91 Å². The van der Waals surface area contributed by atoms with E-state index in [1.807, 2.05) is 0 Å². The highest BCUT2D eigenvalue weighted by Gasteiger charge is 2.05. The van der Waals surface area contributed by atoms with Crippen LogP contribution < -0.4 is 5.48 Å². The Balaban J connectivity index is 2.29. The minimum atomic E-state index is -0.422. The second-order valence-electron chi connectivity index (χ2n) is 2.36. The van der Waals surface area contributed by atoms with Gasteiger partial charge in [-0.15, -0.1) is 0 Å². The highest BCUT2D eigenvalue weighted by atomic mass is 16.7. The summed E-state index contributed by atoms with van der Waals surface area (Å²) in [6.45, 7) is 0.712. The predicted molar refractivity (Wildman–Crippen MR) is 47.3 cm³/mol. The van der Waals surface area contributed by atoms with Crippen LogP contribution in [-0.2, 0) is 9.57 Å². The summed E-state index contributed by atoms with van der Waals surface area (Å²) in [5.41, 5.74) is 2.43. The van der Waals surface area contributed by atoms with Crippen molar-refractivity contribution in [3.05, 3.63) is 24.3 Å². The quantitative estimate of drug-likeness (QED) is 0.522. The third-order valence-corrected chi connectivity index (χ3v) is 1.35. The van der Waals surface area contributed by atoms with E-state index in [9.17, 15) is 4.79 Å². The second kappa shape index (κ2) is 6.01. The highest BCUT2D eigenvalue weighted by Crippen LogP contribution is 1.89. The van der Waals surface area contributed by atoms with Gasteiger partial charge in [0.15, 0.2) is 0 Å². The average molecular weight is 197 g/mol. The lowest BCUT2D eigenvalue weighted by molar-refractivity contribution is 0.00855. The number of carbonyl (C=O) groups is 1. The highest BCUT2D eigenvalue weighted by molar-refractivity contribution is 5.90. The SMILES string of the molecule is COCCONC(=O)c1cnccn1. The van der Waals surface area contributed by atoms with Crippen molar-refractivity contribution in [3.8, 4) is 0 Å². The number of aromatic nitrogens is 2. The zero-order valence-electron chi connectivity index (χ0n) is 7.77. The lowest BCUT2D eigenvalue weighted by atomic mass is 10.4. The van der Waals surface area contributed by atoms with Crippen LogP contribution in [0.2, 0.25) is 0 Å². The van der Waals surface area contributed by atoms with Crippen molar-refractivity contribution >= 4 is 5.91 Å². The van der Waals surface area contributed by atoms with Crippen LogP contribution in [0.25, 0.3) is 0 Å². The molecule has 6 nitrogen and oxygen atoms in total. The lowest BCUT2D eigenvalue weighted by Crippen LogP contribution is -2.26. The van der Waals surface area contributed by atoms with E-state index < -0.39 is 5.91 Å². The summed E-state index contributed by atoms with van der Waals surface area (Å²) in [4.78, 5) is 23.6. The van der Waals surface area contributed by atoms with E-state index >= 15 is 0 Å². The van der Waals surface area contributed by atoms with Gasteiger partial charge in [-0.05, 0) is 0 Å². The number of rotatable bonds is 5. The molecule has 0 fully saturated rings. The third-order valence-electron chi connectivity index (χ3n) is 1.35. The molecule has 1 aromatic heterocycles. The summed E-state index contributed by atoms with van der Waals surface area (Å²) in [6, 6.07) is 0. The molecule has 1 heterocycles. The van der Waals surface area contributed by atoms with Crippen molar-refractivity contribution in [2.45, 2.75) is 0 Å². The Morgan fingerprint density at radius 3 is 3.00 bits per heavy atom. The number of hydrogen-bond donors (Lipinski definition) is 1. The first-order valence-electron chi connectivity index (χ1n) is 4.01. The van der Waals surface area contributed by atoms with Crippen molar-refractivity contribution in [2.75, 3.05) is 20.3 Å². The van der Waals surface area contributed by atoms with E-state index in [2.05, 4.69) is 15.4 Å². The Hall–Kier alpha value is -1.53. The molecule has 14 heavy (non-hydrogen) atoms. The summed E-state index contributed by atoms with van der Waals surface area (Å²) >= 11 is 0. The Labute approximate surface area is 81.2 Å². The van der Waals surface area contributed by atoms with Crippen molar-refractivity contribution in [1.82, 2.24) is 15.4 Å². The van der Waals surface area contributed by atoms with Gasteiger partial charge in [-0.3, -0.25) is 14.6 Å². The van der Waals surface area contributed by atoms with Crippen LogP contribution in [0.5, 0.6) is 0 Å². The first kappa shape index (κ1) is 10.6. The summed E-state index contributed by atoms with van der Waals surface area (Å²) in [5, 5.41) is 0. The summed E-state index contributed by atoms with van der Waals surface area (Å²) in [5.74, 6) is -0.422. The van der Waals surface area contributed by atoms with Crippen molar-refractivity contribution in [1.29, 1.82) is 0 Å². The number of methoxy groups -OCH3 is 1. The monoisotopic (exact) mass is 197 g/mol. The summed E-state index contributed by atoms with van der Waals surface area (Å²) in [7, 11) is 1.55. The molecular formula is C8H11N3O3. The predicted octanol–water partition coefficient (Wildman–Crippen LogP) is -0.216. The molecule has 0 bridgehead atoms. The van der Waals surface area contributed by atoms with Gasteiger partial charge in [0, 0.05) is 19.5 Å². The number of carbonyl (C=O) groups excluding carboxylic acids is 1. The van der Waals surface area contributed by atoms with Gasteiger partial charge in [0.1, 0.15) is 5.69 Å². The summed E-state index contributed by atoms with van der Waals surface area (Å²) < 4.78 is 4.73. The van der Waals surface area contributed by atoms with Gasteiger partial charge in [0.05, 0.1) is 19.4 Å². The number of amides is 1. The number of hydroxylamine groups is 1. The Bertz CT molecular complexity index is 278. The Morgan fingerprint density at radius 2 is 2.36 bits per heavy atom. The Kier molecular flexibility index (Phi) is 4.53. The van der Waals surface area contributed by atoms with Gasteiger partial charge in [-0.25, -0.2) is 10.5 Å². The largest absolute Gasteiger partial charge is 0.382 e. The molecule has 0 aliphatic heterocycles. The zero-order valence-corrected chi connectivity index (χ0v) is 7.77. The fourth-order valence-electron chi connectivity index (χ4n) is 0.710. The van der Waals surface area contributed by atoms with Crippen LogP contribution in [0, 0.1) is 0 Å². The van der Waals surface area contributed by atoms with Crippen LogP contribution in [0.15, 0.2) is 18.6 Å². The average Bonchev–Trinajstić information content (AvgIpc) is 2.25. The van der Waals surface area contributed by atoms with Crippen molar-refractivity contribution in [2.24, 2.45) is 0 Å². The minimum Gasteiger partial charge on any atom is -0.382 e. The van der Waals surface area contributed by atoms with Crippen LogP contribution in [0.4, 0.5) is 0 Å². The molecule has 1 N–H and O–H groups in total. The molecule has 0 aliphatic rings. The van der Waals surface area contributed by atoms with E-state index in [-0.39, 0.29) is 5.69 Å². The smallest absolute Gasteiger partial charge is 0.295 e. The zero-order chi connectivity index (χ0) is 10.2. The second-order valence-corrected chi connectivity index (χ2v) is 2.36. The van der Waals surface area contributed by atoms with Gasteiger partial charge in [-0.1, -0.05) is 0 Å². The fraction of sp³-hybridized carbons (Fsp3) is 0.375. The number of hydrogen-bond acceptors (Lipinski definition) is 5. The maximum Gasteiger partial charge on any atom is 0.295 e. The van der Waals surface area contributed by atoms with E-state index in [1.165, 1.54) is 18.6 Å². The number of nitrogens with one attached hydrogen (secondary N) is 1. The first-order chi connectivity index (χ1) is 6.84. The van der Waals surface area contributed by atoms with Gasteiger partial charge < -0.3 is 4.74 Å². The normalized spacial score (nSPS) is 9.79. The van der Waals surface area contributed by atoms with E-state index in [0.29, 0.717) is 13.2 Å². The molecule has 76 valence electrons. The van der Waals surface area contributed by atoms with Gasteiger partial charge in [0.2, 0.25) is 0 Å². The van der Waals surface area contributed by atoms with E-state index in [4.69, 9.17) is 9.57 Å². The van der Waals surface area contributed by atoms with Crippen molar-refractivity contribution < 1.29 is 14.4 Å². The molecule has 0 saturated heterocycles. The third kappa shape index (κ3) is 3.46. The fourth-order valence-corrected chi connectivity index (χ4v) is 0.710. The summed E-state index contributed by atoms with van der Waals surface area (Å²) in [6.07, 6.45) is 4.28. The minimum absolute atomic E-state index is 0.213. The van der Waals surface area contributed by atoms with Crippen molar-refractivity contribution in [3.63, 3.8) is 0 Å². The molecule has 1 amide bonds. The van der Waals surface area contributed by atoms with Gasteiger partial charge in [-0.2, -0.15) is 0 Å². The molecule has 0 unspecified atom stereocenters. The Morgan fingerprint density at radius 1 is 1.50 bits per heavy atom. The number of nitrogens with zero attached hydrogens (tertiary/aromatic N) is 2. The topological polar surface area (TPSA) is 73.3 Å². The van der Waals surface area contributed by atoms with Crippen LogP contribution >= 0.6 is 0 Å². The van der Waals surface area contributed by atoms with Gasteiger partial charge >= 0.3 is 0 Å². The maximum atomic E-state index is 11.2. The molecule has 0 aliphatic carbocycles. The molecule has 0 aromatic carbocycles. The molecule has 0 saturated carbocycles. The molecule has 0 atom stereocenters. The maximum absolute atomic E-state index is 11.2. The first-order valence-corrected chi connectivity index (χ1v) is 4.01. The standard InChI is InChI=1S/C8H11N3O3/c1-13-4-5-14-11-8(12)7-6-9-2-3-10-7/h2-3,6H,4-5H2,1H3,(H,11,12).